The van der Waals surface area contributed by atoms with E-state index in [1.165, 1.54) is 20.9 Å². The number of imide groups is 1. The maximum Gasteiger partial charge on any atom is 0.325 e. The van der Waals surface area contributed by atoms with Crippen LogP contribution in [0.15, 0.2) is 18.2 Å². The zero-order chi connectivity index (χ0) is 21.4. The Morgan fingerprint density at radius 2 is 1.94 bits per heavy atom. The number of quaternary nitrogens is 1. The molecule has 8 nitrogen and oxygen atoms in total. The summed E-state index contributed by atoms with van der Waals surface area (Å²) in [6.45, 7) is 5.16. The van der Waals surface area contributed by atoms with Gasteiger partial charge in [0.05, 0.1) is 32.8 Å². The summed E-state index contributed by atoms with van der Waals surface area (Å²) in [7, 11) is 0. The minimum atomic E-state index is -0.696. The van der Waals surface area contributed by atoms with Crippen molar-refractivity contribution < 1.29 is 24.0 Å². The Morgan fingerprint density at radius 1 is 1.16 bits per heavy atom. The van der Waals surface area contributed by atoms with Gasteiger partial charge >= 0.3 is 6.03 Å². The molecule has 0 aromatic heterocycles. The van der Waals surface area contributed by atoms with Crippen LogP contribution in [0.3, 0.4) is 0 Å². The van der Waals surface area contributed by atoms with Crippen LogP contribution in [-0.2, 0) is 22.6 Å². The number of nitrogens with one attached hydrogen (secondary N) is 2. The quantitative estimate of drug-likeness (QED) is 0.653. The van der Waals surface area contributed by atoms with Crippen molar-refractivity contribution in [3.8, 4) is 5.75 Å². The highest BCUT2D eigenvalue weighted by molar-refractivity contribution is 6.07. The van der Waals surface area contributed by atoms with Gasteiger partial charge in [-0.05, 0) is 36.6 Å². The van der Waals surface area contributed by atoms with Gasteiger partial charge in [0.25, 0.3) is 5.91 Å². The number of hydrogen-bond acceptors (Lipinski definition) is 4. The van der Waals surface area contributed by atoms with Crippen LogP contribution in [0.5, 0.6) is 5.75 Å². The second-order valence-electron chi connectivity index (χ2n) is 9.27. The molecule has 1 aromatic rings. The molecule has 2 N–H and O–H groups in total. The predicted octanol–water partition coefficient (Wildman–Crippen LogP) is 0.103. The lowest BCUT2D eigenvalue weighted by atomic mass is 9.98. The Kier molecular flexibility index (Phi) is 5.33. The summed E-state index contributed by atoms with van der Waals surface area (Å²) in [6.07, 6.45) is 4.54. The first-order chi connectivity index (χ1) is 15.0. The topological polar surface area (TPSA) is 83.4 Å². The Balaban J connectivity index is 1.09. The molecule has 1 saturated carbocycles. The standard InChI is InChI=1S/C23H30N4O4/c28-20(5-9-27-21(29)23(24-22(27)30)7-1-2-8-23)26-12-10-25(11-13-26)16-17-3-4-19-18(15-17)6-14-31-19/h3-4,15H,1-2,5-14,16H2,(H,24,30)/p+1. The van der Waals surface area contributed by atoms with E-state index in [4.69, 9.17) is 4.74 Å². The van der Waals surface area contributed by atoms with Gasteiger partial charge in [-0.3, -0.25) is 14.5 Å². The van der Waals surface area contributed by atoms with Crippen molar-refractivity contribution in [3.63, 3.8) is 0 Å². The molecule has 1 spiro atoms. The van der Waals surface area contributed by atoms with Crippen LogP contribution in [0.25, 0.3) is 0 Å². The molecule has 0 radical (unpaired) electrons. The summed E-state index contributed by atoms with van der Waals surface area (Å²) in [5.74, 6) is 0.900. The Bertz CT molecular complexity index is 888. The average Bonchev–Trinajstić information content (AvgIpc) is 3.48. The fourth-order valence-corrected chi connectivity index (χ4v) is 5.45. The largest absolute Gasteiger partial charge is 0.493 e. The zero-order valence-corrected chi connectivity index (χ0v) is 18.0. The molecule has 1 aromatic carbocycles. The maximum absolute atomic E-state index is 12.7. The van der Waals surface area contributed by atoms with Crippen LogP contribution >= 0.6 is 0 Å². The highest BCUT2D eigenvalue weighted by Gasteiger charge is 2.52. The molecule has 8 heteroatoms. The molecule has 4 amide bonds. The first-order valence-electron chi connectivity index (χ1n) is 11.5. The van der Waals surface area contributed by atoms with Gasteiger partial charge in [0.2, 0.25) is 5.91 Å². The lowest BCUT2D eigenvalue weighted by molar-refractivity contribution is -0.917. The van der Waals surface area contributed by atoms with Gasteiger partial charge in [0, 0.05) is 24.9 Å². The highest BCUT2D eigenvalue weighted by Crippen LogP contribution is 2.35. The summed E-state index contributed by atoms with van der Waals surface area (Å²) in [5, 5.41) is 2.88. The van der Waals surface area contributed by atoms with Crippen molar-refractivity contribution in [2.24, 2.45) is 0 Å². The van der Waals surface area contributed by atoms with E-state index in [-0.39, 0.29) is 30.8 Å². The smallest absolute Gasteiger partial charge is 0.325 e. The highest BCUT2D eigenvalue weighted by atomic mass is 16.5. The predicted molar refractivity (Wildman–Crippen MR) is 113 cm³/mol. The van der Waals surface area contributed by atoms with E-state index in [1.54, 1.807) is 0 Å². The van der Waals surface area contributed by atoms with Crippen LogP contribution in [-0.4, -0.2) is 72.5 Å². The van der Waals surface area contributed by atoms with Crippen LogP contribution in [0, 0.1) is 0 Å². The summed E-state index contributed by atoms with van der Waals surface area (Å²) < 4.78 is 5.58. The SMILES string of the molecule is O=C(CCN1C(=O)NC2(CCCC2)C1=O)N1CC[NH+](Cc2ccc3c(c2)CCO3)CC1. The average molecular weight is 428 g/mol. The normalized spacial score (nSPS) is 22.7. The number of carbonyl (C=O) groups is 3. The third-order valence-electron chi connectivity index (χ3n) is 7.28. The molecule has 3 heterocycles. The van der Waals surface area contributed by atoms with E-state index in [9.17, 15) is 14.4 Å². The zero-order valence-electron chi connectivity index (χ0n) is 18.0. The molecule has 4 aliphatic rings. The van der Waals surface area contributed by atoms with Gasteiger partial charge in [-0.15, -0.1) is 0 Å². The first-order valence-corrected chi connectivity index (χ1v) is 11.5. The molecule has 3 fully saturated rings. The molecule has 31 heavy (non-hydrogen) atoms. The number of amides is 4. The number of rotatable bonds is 5. The van der Waals surface area contributed by atoms with Gasteiger partial charge in [-0.1, -0.05) is 12.8 Å². The number of urea groups is 1. The lowest BCUT2D eigenvalue weighted by Crippen LogP contribution is -3.13. The number of ether oxygens (including phenoxy) is 1. The monoisotopic (exact) mass is 427 g/mol. The van der Waals surface area contributed by atoms with Crippen molar-refractivity contribution in [1.82, 2.24) is 15.1 Å². The van der Waals surface area contributed by atoms with Crippen LogP contribution in [0.4, 0.5) is 4.79 Å². The lowest BCUT2D eigenvalue weighted by Gasteiger charge is -2.32. The number of nitrogens with zero attached hydrogens (tertiary/aromatic N) is 2. The number of hydrogen-bond donors (Lipinski definition) is 2. The molecule has 0 bridgehead atoms. The van der Waals surface area contributed by atoms with E-state index >= 15 is 0 Å². The van der Waals surface area contributed by atoms with E-state index in [1.807, 2.05) is 4.90 Å². The van der Waals surface area contributed by atoms with Crippen molar-refractivity contribution >= 4 is 17.8 Å². The van der Waals surface area contributed by atoms with E-state index in [0.717, 1.165) is 51.3 Å². The Labute approximate surface area is 182 Å². The number of fused-ring (bicyclic) bond motifs is 1. The molecule has 3 aliphatic heterocycles. The van der Waals surface area contributed by atoms with Gasteiger partial charge in [-0.2, -0.15) is 0 Å². The van der Waals surface area contributed by atoms with Crippen LogP contribution in [0.1, 0.15) is 43.2 Å². The van der Waals surface area contributed by atoms with Crippen LogP contribution in [0.2, 0.25) is 0 Å². The van der Waals surface area contributed by atoms with Gasteiger partial charge in [0.15, 0.2) is 0 Å². The fraction of sp³-hybridized carbons (Fsp3) is 0.609. The van der Waals surface area contributed by atoms with E-state index < -0.39 is 5.54 Å². The Morgan fingerprint density at radius 3 is 2.71 bits per heavy atom. The second kappa shape index (κ2) is 8.15. The molecular weight excluding hydrogens is 396 g/mol. The third kappa shape index (κ3) is 3.89. The second-order valence-corrected chi connectivity index (χ2v) is 9.27. The van der Waals surface area contributed by atoms with Gasteiger partial charge < -0.3 is 19.9 Å². The number of carbonyl (C=O) groups excluding carboxylic acids is 3. The maximum atomic E-state index is 12.7. The van der Waals surface area contributed by atoms with Crippen molar-refractivity contribution in [2.45, 2.75) is 50.6 Å². The molecule has 5 rings (SSSR count). The Hall–Kier alpha value is -2.61. The summed E-state index contributed by atoms with van der Waals surface area (Å²) in [6, 6.07) is 6.13. The minimum Gasteiger partial charge on any atom is -0.493 e. The van der Waals surface area contributed by atoms with Crippen molar-refractivity contribution in [3.05, 3.63) is 29.3 Å². The molecule has 2 saturated heterocycles. The van der Waals surface area contributed by atoms with E-state index in [0.29, 0.717) is 25.9 Å². The number of piperazine rings is 1. The van der Waals surface area contributed by atoms with Gasteiger partial charge in [0.1, 0.15) is 17.8 Å². The summed E-state index contributed by atoms with van der Waals surface area (Å²) in [5.41, 5.74) is 1.92. The van der Waals surface area contributed by atoms with Crippen molar-refractivity contribution in [1.29, 1.82) is 0 Å². The molecular formula is C23H31N4O4+. The molecule has 0 unspecified atom stereocenters. The number of benzene rings is 1. The summed E-state index contributed by atoms with van der Waals surface area (Å²) in [4.78, 5) is 42.3. The summed E-state index contributed by atoms with van der Waals surface area (Å²) >= 11 is 0. The minimum absolute atomic E-state index is 0.0294. The third-order valence-corrected chi connectivity index (χ3v) is 7.28. The molecule has 166 valence electrons. The molecule has 0 atom stereocenters. The molecule has 1 aliphatic carbocycles. The van der Waals surface area contributed by atoms with Crippen LogP contribution < -0.4 is 15.0 Å². The fourth-order valence-electron chi connectivity index (χ4n) is 5.45. The van der Waals surface area contributed by atoms with E-state index in [2.05, 4.69) is 23.5 Å². The van der Waals surface area contributed by atoms with Crippen molar-refractivity contribution in [2.75, 3.05) is 39.3 Å². The van der Waals surface area contributed by atoms with Gasteiger partial charge in [-0.25, -0.2) is 4.79 Å². The first kappa shape index (κ1) is 20.3.